The molecular formula is C37H76N2O6P+. The van der Waals surface area contributed by atoms with E-state index >= 15 is 0 Å². The van der Waals surface area contributed by atoms with Crippen molar-refractivity contribution in [3.05, 3.63) is 12.2 Å². The molecule has 0 aliphatic rings. The van der Waals surface area contributed by atoms with Gasteiger partial charge >= 0.3 is 7.82 Å². The molecule has 9 heteroatoms. The second kappa shape index (κ2) is 30.3. The van der Waals surface area contributed by atoms with Crippen molar-refractivity contribution in [1.29, 1.82) is 0 Å². The third kappa shape index (κ3) is 31.8. The lowest BCUT2D eigenvalue weighted by atomic mass is 10.0. The van der Waals surface area contributed by atoms with Crippen molar-refractivity contribution in [2.45, 2.75) is 180 Å². The summed E-state index contributed by atoms with van der Waals surface area (Å²) in [5.41, 5.74) is 0. The molecule has 0 saturated heterocycles. The summed E-state index contributed by atoms with van der Waals surface area (Å²) in [6.45, 7) is 4.77. The number of aliphatic hydroxyl groups is 1. The van der Waals surface area contributed by atoms with Crippen molar-refractivity contribution in [1.82, 2.24) is 5.32 Å². The molecule has 0 aromatic carbocycles. The molecular weight excluding hydrogens is 599 g/mol. The summed E-state index contributed by atoms with van der Waals surface area (Å²) in [4.78, 5) is 22.9. The van der Waals surface area contributed by atoms with E-state index in [1.807, 2.05) is 27.2 Å². The molecule has 3 unspecified atom stereocenters. The number of unbranched alkanes of at least 4 members (excludes halogenated alkanes) is 21. The molecule has 3 N–H and O–H groups in total. The molecule has 0 rings (SSSR count). The number of nitrogens with zero attached hydrogens (tertiary/aromatic N) is 1. The summed E-state index contributed by atoms with van der Waals surface area (Å²) >= 11 is 0. The van der Waals surface area contributed by atoms with Crippen LogP contribution >= 0.6 is 7.82 Å². The maximum atomic E-state index is 12.8. The summed E-state index contributed by atoms with van der Waals surface area (Å²) in [5, 5.41) is 13.7. The smallest absolute Gasteiger partial charge is 0.387 e. The van der Waals surface area contributed by atoms with E-state index in [1.165, 1.54) is 109 Å². The number of phosphoric ester groups is 1. The van der Waals surface area contributed by atoms with Crippen LogP contribution in [-0.4, -0.2) is 73.4 Å². The number of carbonyl (C=O) groups is 1. The summed E-state index contributed by atoms with van der Waals surface area (Å²) in [5.74, 6) is -0.179. The zero-order valence-electron chi connectivity index (χ0n) is 30.8. The SMILES string of the molecule is CCCCCCCCC/C=C/C(O)C(COP(=O)(O)OCC[N+](C)(C)C)NC(=O)CCCCCCCCCCCCCCCCC. The molecule has 0 heterocycles. The van der Waals surface area contributed by atoms with Crippen LogP contribution in [0.5, 0.6) is 0 Å². The summed E-state index contributed by atoms with van der Waals surface area (Å²) in [6.07, 6.45) is 31.3. The predicted octanol–water partition coefficient (Wildman–Crippen LogP) is 9.63. The molecule has 0 radical (unpaired) electrons. The van der Waals surface area contributed by atoms with E-state index in [4.69, 9.17) is 9.05 Å². The fourth-order valence-electron chi connectivity index (χ4n) is 5.39. The van der Waals surface area contributed by atoms with Gasteiger partial charge in [0.05, 0.1) is 39.9 Å². The van der Waals surface area contributed by atoms with Gasteiger partial charge in [-0.25, -0.2) is 4.57 Å². The summed E-state index contributed by atoms with van der Waals surface area (Å²) in [7, 11) is 1.57. The number of rotatable bonds is 34. The molecule has 1 amide bonds. The standard InChI is InChI=1S/C37H75N2O6P/c1-6-8-10-12-14-16-17-18-19-20-21-23-25-27-29-31-37(41)38-35(34-45-46(42,43)44-33-32-39(3,4)5)36(40)30-28-26-24-22-15-13-11-9-7-2/h28,30,35-36,40H,6-27,29,31-34H2,1-5H3,(H-,38,41,42,43)/p+1/b30-28+. The first-order chi connectivity index (χ1) is 22.0. The predicted molar refractivity (Wildman–Crippen MR) is 194 cm³/mol. The third-order valence-corrected chi connectivity index (χ3v) is 9.49. The Hall–Kier alpha value is -0.760. The Kier molecular flexibility index (Phi) is 29.8. The van der Waals surface area contributed by atoms with Crippen molar-refractivity contribution in [3.8, 4) is 0 Å². The quantitative estimate of drug-likeness (QED) is 0.0272. The fourth-order valence-corrected chi connectivity index (χ4v) is 6.13. The van der Waals surface area contributed by atoms with E-state index in [-0.39, 0.29) is 19.1 Å². The van der Waals surface area contributed by atoms with Gasteiger partial charge in [0.1, 0.15) is 13.2 Å². The number of hydrogen-bond donors (Lipinski definition) is 3. The fraction of sp³-hybridized carbons (Fsp3) is 0.919. The second-order valence-corrected chi connectivity index (χ2v) is 15.8. The monoisotopic (exact) mass is 676 g/mol. The molecule has 0 saturated carbocycles. The minimum Gasteiger partial charge on any atom is -0.387 e. The summed E-state index contributed by atoms with van der Waals surface area (Å²) in [6, 6.07) is -0.836. The zero-order chi connectivity index (χ0) is 34.4. The largest absolute Gasteiger partial charge is 0.472 e. The first-order valence-electron chi connectivity index (χ1n) is 19.1. The number of amides is 1. The van der Waals surface area contributed by atoms with Gasteiger partial charge in [-0.1, -0.05) is 154 Å². The molecule has 0 aromatic rings. The number of phosphoric acid groups is 1. The van der Waals surface area contributed by atoms with Crippen LogP contribution in [0.1, 0.15) is 168 Å². The number of quaternary nitrogens is 1. The number of aliphatic hydroxyl groups excluding tert-OH is 1. The van der Waals surface area contributed by atoms with Crippen molar-refractivity contribution in [3.63, 3.8) is 0 Å². The highest BCUT2D eigenvalue weighted by atomic mass is 31.2. The van der Waals surface area contributed by atoms with E-state index in [9.17, 15) is 19.4 Å². The number of likely N-dealkylation sites (N-methyl/N-ethyl adjacent to an activating group) is 1. The number of nitrogens with one attached hydrogen (secondary N) is 1. The van der Waals surface area contributed by atoms with Gasteiger partial charge in [-0.3, -0.25) is 13.8 Å². The minimum absolute atomic E-state index is 0.0639. The summed E-state index contributed by atoms with van der Waals surface area (Å²) < 4.78 is 23.4. The van der Waals surface area contributed by atoms with Crippen molar-refractivity contribution < 1.29 is 32.9 Å². The van der Waals surface area contributed by atoms with Crippen LogP contribution in [-0.2, 0) is 18.4 Å². The van der Waals surface area contributed by atoms with E-state index in [2.05, 4.69) is 19.2 Å². The Morgan fingerprint density at radius 1 is 0.717 bits per heavy atom. The van der Waals surface area contributed by atoms with Gasteiger partial charge in [-0.05, 0) is 19.3 Å². The average Bonchev–Trinajstić information content (AvgIpc) is 2.99. The van der Waals surface area contributed by atoms with Gasteiger partial charge in [-0.2, -0.15) is 0 Å². The molecule has 0 aliphatic carbocycles. The van der Waals surface area contributed by atoms with E-state index < -0.39 is 20.0 Å². The third-order valence-electron chi connectivity index (χ3n) is 8.51. The van der Waals surface area contributed by atoms with Crippen molar-refractivity contribution in [2.75, 3.05) is 40.9 Å². The minimum atomic E-state index is -4.32. The van der Waals surface area contributed by atoms with Gasteiger partial charge < -0.3 is 19.8 Å². The topological polar surface area (TPSA) is 105 Å². The molecule has 3 atom stereocenters. The number of hydrogen-bond acceptors (Lipinski definition) is 5. The first kappa shape index (κ1) is 45.2. The Balaban J connectivity index is 4.44. The van der Waals surface area contributed by atoms with Gasteiger partial charge in [-0.15, -0.1) is 0 Å². The Bertz CT molecular complexity index is 773. The Morgan fingerprint density at radius 3 is 1.61 bits per heavy atom. The van der Waals surface area contributed by atoms with Crippen molar-refractivity contribution >= 4 is 13.7 Å². The first-order valence-corrected chi connectivity index (χ1v) is 20.6. The van der Waals surface area contributed by atoms with Crippen LogP contribution in [0.25, 0.3) is 0 Å². The molecule has 0 bridgehead atoms. The molecule has 0 spiro atoms. The number of allylic oxidation sites excluding steroid dienone is 1. The van der Waals surface area contributed by atoms with Crippen LogP contribution in [0, 0.1) is 0 Å². The van der Waals surface area contributed by atoms with Crippen LogP contribution in [0.4, 0.5) is 0 Å². The molecule has 0 aliphatic heterocycles. The maximum Gasteiger partial charge on any atom is 0.472 e. The molecule has 46 heavy (non-hydrogen) atoms. The Morgan fingerprint density at radius 2 is 1.15 bits per heavy atom. The average molecular weight is 676 g/mol. The lowest BCUT2D eigenvalue weighted by Gasteiger charge is -2.25. The molecule has 8 nitrogen and oxygen atoms in total. The second-order valence-electron chi connectivity index (χ2n) is 14.3. The highest BCUT2D eigenvalue weighted by Crippen LogP contribution is 2.43. The molecule has 274 valence electrons. The van der Waals surface area contributed by atoms with Crippen molar-refractivity contribution in [2.24, 2.45) is 0 Å². The van der Waals surface area contributed by atoms with Gasteiger partial charge in [0.25, 0.3) is 0 Å². The number of carbonyl (C=O) groups excluding carboxylic acids is 1. The van der Waals surface area contributed by atoms with Gasteiger partial charge in [0.15, 0.2) is 0 Å². The van der Waals surface area contributed by atoms with Gasteiger partial charge in [0.2, 0.25) is 5.91 Å². The van der Waals surface area contributed by atoms with Crippen LogP contribution in [0.15, 0.2) is 12.2 Å². The molecule has 0 aromatic heterocycles. The van der Waals surface area contributed by atoms with E-state index in [1.54, 1.807) is 6.08 Å². The zero-order valence-corrected chi connectivity index (χ0v) is 31.7. The molecule has 0 fully saturated rings. The highest BCUT2D eigenvalue weighted by Gasteiger charge is 2.27. The Labute approximate surface area is 284 Å². The normalized spacial score (nSPS) is 14.8. The van der Waals surface area contributed by atoms with E-state index in [0.29, 0.717) is 17.4 Å². The lowest BCUT2D eigenvalue weighted by Crippen LogP contribution is -2.45. The van der Waals surface area contributed by atoms with E-state index in [0.717, 1.165) is 38.5 Å². The maximum absolute atomic E-state index is 12.8. The van der Waals surface area contributed by atoms with Crippen LogP contribution < -0.4 is 5.32 Å². The van der Waals surface area contributed by atoms with Gasteiger partial charge in [0, 0.05) is 6.42 Å². The van der Waals surface area contributed by atoms with Crippen LogP contribution in [0.3, 0.4) is 0 Å². The van der Waals surface area contributed by atoms with Crippen LogP contribution in [0.2, 0.25) is 0 Å². The highest BCUT2D eigenvalue weighted by molar-refractivity contribution is 7.47. The lowest BCUT2D eigenvalue weighted by molar-refractivity contribution is -0.870.